The Morgan fingerprint density at radius 1 is 0.976 bits per heavy atom. The molecule has 1 aliphatic heterocycles. The molecule has 14 heteroatoms. The Bertz CT molecular complexity index is 1340. The predicted octanol–water partition coefficient (Wildman–Crippen LogP) is 5.99. The monoisotopic (exact) mass is 604 g/mol. The molecule has 0 saturated carbocycles. The van der Waals surface area contributed by atoms with Crippen molar-refractivity contribution in [2.24, 2.45) is 0 Å². The summed E-state index contributed by atoms with van der Waals surface area (Å²) in [5.74, 6) is -1.18. The van der Waals surface area contributed by atoms with Crippen LogP contribution in [-0.2, 0) is 44.4 Å². The summed E-state index contributed by atoms with van der Waals surface area (Å²) < 4.78 is 94.8. The summed E-state index contributed by atoms with van der Waals surface area (Å²) in [5, 5.41) is 0. The van der Waals surface area contributed by atoms with Crippen molar-refractivity contribution >= 4 is 23.7 Å². The number of alkyl halides is 6. The Balaban J connectivity index is 1.81. The number of amides is 2. The molecular weight excluding hydrogens is 574 g/mol. The number of nitrogens with zero attached hydrogens (tertiary/aromatic N) is 2. The maximum atomic E-state index is 13.5. The second-order valence-corrected chi connectivity index (χ2v) is 10.6. The summed E-state index contributed by atoms with van der Waals surface area (Å²) in [6.07, 6.45) is -10.9. The number of ether oxygens (including phenoxy) is 3. The van der Waals surface area contributed by atoms with Gasteiger partial charge in [0.2, 0.25) is 0 Å². The number of halogens is 6. The second-order valence-electron chi connectivity index (χ2n) is 10.6. The number of fused-ring (bicyclic) bond motifs is 1. The summed E-state index contributed by atoms with van der Waals surface area (Å²) >= 11 is 0. The van der Waals surface area contributed by atoms with Crippen LogP contribution in [-0.4, -0.2) is 55.2 Å². The molecule has 3 rings (SSSR count). The number of rotatable bonds is 7. The van der Waals surface area contributed by atoms with Crippen molar-refractivity contribution in [3.05, 3.63) is 58.7 Å². The van der Waals surface area contributed by atoms with Crippen molar-refractivity contribution < 1.29 is 54.9 Å². The second kappa shape index (κ2) is 12.1. The highest BCUT2D eigenvalue weighted by atomic mass is 19.4. The smallest absolute Gasteiger partial charge is 0.416 e. The predicted molar refractivity (Wildman–Crippen MR) is 138 cm³/mol. The number of anilines is 1. The van der Waals surface area contributed by atoms with Crippen LogP contribution in [0.15, 0.2) is 36.4 Å². The van der Waals surface area contributed by atoms with Crippen molar-refractivity contribution in [2.75, 3.05) is 25.6 Å². The van der Waals surface area contributed by atoms with Crippen LogP contribution in [0.2, 0.25) is 0 Å². The molecule has 0 bridgehead atoms. The van der Waals surface area contributed by atoms with Crippen LogP contribution >= 0.6 is 0 Å². The molecule has 0 unspecified atom stereocenters. The molecule has 0 spiro atoms. The van der Waals surface area contributed by atoms with E-state index in [4.69, 9.17) is 14.2 Å². The topological polar surface area (TPSA) is 85.4 Å². The summed E-state index contributed by atoms with van der Waals surface area (Å²) in [5.41, 5.74) is -3.19. The van der Waals surface area contributed by atoms with Crippen molar-refractivity contribution in [3.63, 3.8) is 0 Å². The van der Waals surface area contributed by atoms with Crippen LogP contribution in [0.4, 0.5) is 36.8 Å². The zero-order valence-electron chi connectivity index (χ0n) is 23.5. The molecule has 2 aromatic carbocycles. The molecule has 0 fully saturated rings. The fourth-order valence-electron chi connectivity index (χ4n) is 4.27. The maximum absolute atomic E-state index is 13.5. The third kappa shape index (κ3) is 7.85. The lowest BCUT2D eigenvalue weighted by atomic mass is 10.0. The van der Waals surface area contributed by atoms with Gasteiger partial charge in [0.15, 0.2) is 0 Å². The molecule has 8 nitrogen and oxygen atoms in total. The Labute approximate surface area is 238 Å². The van der Waals surface area contributed by atoms with E-state index in [1.54, 1.807) is 20.8 Å². The molecule has 1 heterocycles. The molecule has 230 valence electrons. The minimum Gasteiger partial charge on any atom is -0.489 e. The molecule has 2 amide bonds. The fourth-order valence-corrected chi connectivity index (χ4v) is 4.27. The average molecular weight is 605 g/mol. The first-order valence-electron chi connectivity index (χ1n) is 12.7. The first kappa shape index (κ1) is 32.5. The molecule has 0 N–H and O–H groups in total. The lowest BCUT2D eigenvalue weighted by Crippen LogP contribution is -2.51. The highest BCUT2D eigenvalue weighted by Gasteiger charge is 2.39. The number of benzene rings is 2. The average Bonchev–Trinajstić information content (AvgIpc) is 3.30. The summed E-state index contributed by atoms with van der Waals surface area (Å²) in [4.78, 5) is 40.7. The highest BCUT2D eigenvalue weighted by Crippen LogP contribution is 2.38. The van der Waals surface area contributed by atoms with Gasteiger partial charge in [0.25, 0.3) is 5.91 Å². The van der Waals surface area contributed by atoms with Crippen molar-refractivity contribution in [3.8, 4) is 5.75 Å². The highest BCUT2D eigenvalue weighted by molar-refractivity contribution is 6.02. The third-order valence-corrected chi connectivity index (χ3v) is 6.37. The first-order valence-corrected chi connectivity index (χ1v) is 12.7. The standard InChI is InChI=1S/C28H30F6N2O6/c1-26(2,3)42-25(39)35(4)22(14-23(37)40-5)24(38)36-11-10-16-12-19(8-9-21(16)36)41-15-17-6-7-18(27(29,30)31)13-20(17)28(32,33)34/h6-9,12-13,22H,10-11,14-15H2,1-5H3/t22-/m1/s1. The summed E-state index contributed by atoms with van der Waals surface area (Å²) in [6, 6.07) is 4.47. The van der Waals surface area contributed by atoms with Crippen molar-refractivity contribution in [1.82, 2.24) is 4.90 Å². The van der Waals surface area contributed by atoms with Gasteiger partial charge in [-0.3, -0.25) is 14.5 Å². The molecular formula is C28H30F6N2O6. The normalized spacial score (nSPS) is 14.2. The molecule has 0 aliphatic carbocycles. The van der Waals surface area contributed by atoms with E-state index in [1.807, 2.05) is 0 Å². The zero-order chi connectivity index (χ0) is 31.6. The van der Waals surface area contributed by atoms with Crippen LogP contribution in [0.3, 0.4) is 0 Å². The van der Waals surface area contributed by atoms with Gasteiger partial charge in [-0.1, -0.05) is 6.07 Å². The SMILES string of the molecule is COC(=O)C[C@H](C(=O)N1CCc2cc(OCc3ccc(C(F)(F)F)cc3C(F)(F)F)ccc21)N(C)C(=O)OC(C)(C)C. The summed E-state index contributed by atoms with van der Waals surface area (Å²) in [6.45, 7) is 4.46. The lowest BCUT2D eigenvalue weighted by Gasteiger charge is -2.32. The van der Waals surface area contributed by atoms with Crippen molar-refractivity contribution in [1.29, 1.82) is 0 Å². The Morgan fingerprint density at radius 2 is 1.64 bits per heavy atom. The molecule has 2 aromatic rings. The van der Waals surface area contributed by atoms with E-state index in [0.717, 1.165) is 18.1 Å². The number of hydrogen-bond acceptors (Lipinski definition) is 6. The van der Waals surface area contributed by atoms with Crippen LogP contribution in [0.25, 0.3) is 0 Å². The van der Waals surface area contributed by atoms with Crippen LogP contribution in [0.1, 0.15) is 49.4 Å². The first-order chi connectivity index (χ1) is 19.3. The number of likely N-dealkylation sites (N-methyl/N-ethyl adjacent to an activating group) is 1. The molecule has 0 aromatic heterocycles. The molecule has 42 heavy (non-hydrogen) atoms. The van der Waals surface area contributed by atoms with Gasteiger partial charge >= 0.3 is 24.4 Å². The number of esters is 1. The van der Waals surface area contributed by atoms with Gasteiger partial charge in [-0.2, -0.15) is 26.3 Å². The lowest BCUT2D eigenvalue weighted by molar-refractivity contribution is -0.144. The zero-order valence-corrected chi connectivity index (χ0v) is 23.5. The largest absolute Gasteiger partial charge is 0.489 e. The van der Waals surface area contributed by atoms with Crippen LogP contribution < -0.4 is 9.64 Å². The molecule has 1 atom stereocenters. The Kier molecular flexibility index (Phi) is 9.38. The van der Waals surface area contributed by atoms with E-state index >= 15 is 0 Å². The molecule has 1 aliphatic rings. The third-order valence-electron chi connectivity index (χ3n) is 6.37. The molecule has 0 saturated heterocycles. The minimum atomic E-state index is -5.04. The van der Waals surface area contributed by atoms with Crippen LogP contribution in [0.5, 0.6) is 5.75 Å². The van der Waals surface area contributed by atoms with Crippen molar-refractivity contribution in [2.45, 2.75) is 64.2 Å². The van der Waals surface area contributed by atoms with Gasteiger partial charge < -0.3 is 19.1 Å². The number of carbonyl (C=O) groups excluding carboxylic acids is 3. The van der Waals surface area contributed by atoms with E-state index in [2.05, 4.69) is 0 Å². The summed E-state index contributed by atoms with van der Waals surface area (Å²) in [7, 11) is 2.47. The van der Waals surface area contributed by atoms with Gasteiger partial charge in [0.05, 0.1) is 24.7 Å². The van der Waals surface area contributed by atoms with E-state index < -0.39 is 71.7 Å². The fraction of sp³-hybridized carbons (Fsp3) is 0.464. The van der Waals surface area contributed by atoms with Gasteiger partial charge in [0.1, 0.15) is 24.0 Å². The van der Waals surface area contributed by atoms with Gasteiger partial charge in [-0.25, -0.2) is 4.79 Å². The number of hydrogen-bond donors (Lipinski definition) is 0. The molecule has 0 radical (unpaired) electrons. The minimum absolute atomic E-state index is 0.0456. The van der Waals surface area contributed by atoms with E-state index in [0.29, 0.717) is 23.7 Å². The van der Waals surface area contributed by atoms with E-state index in [9.17, 15) is 40.7 Å². The van der Waals surface area contributed by atoms with E-state index in [1.165, 1.54) is 30.1 Å². The van der Waals surface area contributed by atoms with Gasteiger partial charge in [-0.05, 0) is 63.1 Å². The Morgan fingerprint density at radius 3 is 2.21 bits per heavy atom. The van der Waals surface area contributed by atoms with E-state index in [-0.39, 0.29) is 18.4 Å². The Hall–Kier alpha value is -3.97. The quantitative estimate of drug-likeness (QED) is 0.285. The van der Waals surface area contributed by atoms with Crippen LogP contribution in [0, 0.1) is 0 Å². The number of methoxy groups -OCH3 is 1. The maximum Gasteiger partial charge on any atom is 0.416 e. The number of carbonyl (C=O) groups is 3. The van der Waals surface area contributed by atoms with Gasteiger partial charge in [0, 0.05) is 24.8 Å². The van der Waals surface area contributed by atoms with Gasteiger partial charge in [-0.15, -0.1) is 0 Å².